The van der Waals surface area contributed by atoms with Crippen LogP contribution in [0.5, 0.6) is 6.08 Å². The first-order valence-corrected chi connectivity index (χ1v) is 13.6. The summed E-state index contributed by atoms with van der Waals surface area (Å²) in [5, 5.41) is 0.595. The van der Waals surface area contributed by atoms with Gasteiger partial charge in [0, 0.05) is 4.88 Å². The summed E-state index contributed by atoms with van der Waals surface area (Å²) >= 11 is 1.60. The van der Waals surface area contributed by atoms with E-state index in [2.05, 4.69) is 18.8 Å². The number of fused-ring (bicyclic) bond motifs is 1. The highest BCUT2D eigenvalue weighted by Gasteiger charge is 2.11. The van der Waals surface area contributed by atoms with E-state index in [4.69, 9.17) is 9.15 Å². The van der Waals surface area contributed by atoms with Crippen LogP contribution in [0.1, 0.15) is 121 Å². The topological polar surface area (TPSA) is 52.3 Å². The second kappa shape index (κ2) is 16.3. The van der Waals surface area contributed by atoms with Crippen molar-refractivity contribution < 1.29 is 9.15 Å². The van der Waals surface area contributed by atoms with E-state index in [1.165, 1.54) is 94.8 Å². The van der Waals surface area contributed by atoms with Gasteiger partial charge in [0.05, 0.1) is 12.0 Å². The monoisotopic (exact) mass is 449 g/mol. The van der Waals surface area contributed by atoms with Gasteiger partial charge in [0.25, 0.3) is 0 Å². The van der Waals surface area contributed by atoms with E-state index in [0.717, 1.165) is 24.1 Å². The summed E-state index contributed by atoms with van der Waals surface area (Å²) < 4.78 is 10.9. The molecule has 0 amide bonds. The third-order valence-corrected chi connectivity index (χ3v) is 6.95. The van der Waals surface area contributed by atoms with E-state index in [1.807, 2.05) is 6.07 Å². The van der Waals surface area contributed by atoms with Gasteiger partial charge >= 0.3 is 11.7 Å². The van der Waals surface area contributed by atoms with Crippen LogP contribution in [0.3, 0.4) is 0 Å². The first kappa shape index (κ1) is 25.9. The summed E-state index contributed by atoms with van der Waals surface area (Å²) in [5.41, 5.74) is -0.325. The molecule has 0 aliphatic heterocycles. The summed E-state index contributed by atoms with van der Waals surface area (Å²) in [7, 11) is 0. The third kappa shape index (κ3) is 10.7. The molecule has 4 nitrogen and oxygen atoms in total. The van der Waals surface area contributed by atoms with Crippen molar-refractivity contribution in [3.05, 3.63) is 21.4 Å². The number of thiophene rings is 1. The molecule has 0 aromatic carbocycles. The van der Waals surface area contributed by atoms with Gasteiger partial charge in [-0.3, -0.25) is 0 Å². The van der Waals surface area contributed by atoms with Crippen LogP contribution in [0.4, 0.5) is 0 Å². The highest BCUT2D eigenvalue weighted by molar-refractivity contribution is 7.18. The van der Waals surface area contributed by atoms with Crippen molar-refractivity contribution in [1.82, 2.24) is 4.98 Å². The molecular formula is C26H43NO3S. The molecule has 0 radical (unpaired) electrons. The zero-order valence-corrected chi connectivity index (χ0v) is 20.7. The maximum atomic E-state index is 12.3. The molecule has 2 aromatic heterocycles. The standard InChI is InChI=1S/C26H43NO3S/c1-3-5-7-9-11-12-13-14-16-18-20-29-26-27-24-23(25(28)30-26)21-22(31-24)19-17-15-10-8-6-4-2/h21H,3-20H2,1-2H3. The Balaban J connectivity index is 1.63. The second-order valence-electron chi connectivity index (χ2n) is 8.75. The van der Waals surface area contributed by atoms with Crippen molar-refractivity contribution >= 4 is 21.6 Å². The number of aromatic nitrogens is 1. The quantitative estimate of drug-likeness (QED) is 0.202. The Labute approximate surface area is 192 Å². The van der Waals surface area contributed by atoms with Gasteiger partial charge in [-0.05, 0) is 25.3 Å². The zero-order chi connectivity index (χ0) is 22.2. The van der Waals surface area contributed by atoms with Crippen molar-refractivity contribution in [2.45, 2.75) is 123 Å². The number of rotatable bonds is 19. The fraction of sp³-hybridized carbons (Fsp3) is 0.769. The molecule has 0 aliphatic rings. The lowest BCUT2D eigenvalue weighted by atomic mass is 10.1. The number of nitrogens with zero attached hydrogens (tertiary/aromatic N) is 1. The lowest BCUT2D eigenvalue weighted by molar-refractivity contribution is 0.211. The Morgan fingerprint density at radius 3 is 1.97 bits per heavy atom. The largest absolute Gasteiger partial charge is 0.450 e. The van der Waals surface area contributed by atoms with Crippen LogP contribution in [0, 0.1) is 0 Å². The van der Waals surface area contributed by atoms with E-state index < -0.39 is 0 Å². The summed E-state index contributed by atoms with van der Waals surface area (Å²) in [5.74, 6) is 0. The van der Waals surface area contributed by atoms with Crippen LogP contribution in [0.2, 0.25) is 0 Å². The zero-order valence-electron chi connectivity index (χ0n) is 19.9. The molecule has 5 heteroatoms. The molecule has 0 aliphatic carbocycles. The Bertz CT molecular complexity index is 768. The predicted molar refractivity (Wildman–Crippen MR) is 133 cm³/mol. The average molecular weight is 450 g/mol. The van der Waals surface area contributed by atoms with Crippen LogP contribution < -0.4 is 10.4 Å². The van der Waals surface area contributed by atoms with Crippen LogP contribution >= 0.6 is 11.3 Å². The fourth-order valence-electron chi connectivity index (χ4n) is 3.91. The Morgan fingerprint density at radius 1 is 0.806 bits per heavy atom. The van der Waals surface area contributed by atoms with Gasteiger partial charge in [0.15, 0.2) is 0 Å². The Morgan fingerprint density at radius 2 is 1.35 bits per heavy atom. The maximum absolute atomic E-state index is 12.3. The minimum Gasteiger partial charge on any atom is -0.450 e. The average Bonchev–Trinajstić information content (AvgIpc) is 3.18. The van der Waals surface area contributed by atoms with Crippen molar-refractivity contribution in [3.63, 3.8) is 0 Å². The number of ether oxygens (including phenoxy) is 1. The number of hydrogen-bond donors (Lipinski definition) is 0. The van der Waals surface area contributed by atoms with E-state index >= 15 is 0 Å². The smallest absolute Gasteiger partial charge is 0.397 e. The van der Waals surface area contributed by atoms with E-state index in [9.17, 15) is 4.79 Å². The van der Waals surface area contributed by atoms with E-state index in [1.54, 1.807) is 11.3 Å². The minimum atomic E-state index is -0.325. The molecule has 0 bridgehead atoms. The minimum absolute atomic E-state index is 0.126. The predicted octanol–water partition coefficient (Wildman–Crippen LogP) is 8.45. The molecule has 31 heavy (non-hydrogen) atoms. The van der Waals surface area contributed by atoms with Crippen LogP contribution in [0.15, 0.2) is 15.3 Å². The highest BCUT2D eigenvalue weighted by atomic mass is 32.1. The van der Waals surface area contributed by atoms with Gasteiger partial charge in [0.2, 0.25) is 0 Å². The molecule has 2 aromatic rings. The fourth-order valence-corrected chi connectivity index (χ4v) is 4.96. The normalized spacial score (nSPS) is 11.4. The molecule has 2 heterocycles. The van der Waals surface area contributed by atoms with Gasteiger partial charge in [-0.2, -0.15) is 4.98 Å². The third-order valence-electron chi connectivity index (χ3n) is 5.86. The second-order valence-corrected chi connectivity index (χ2v) is 9.86. The van der Waals surface area contributed by atoms with Gasteiger partial charge in [-0.1, -0.05) is 104 Å². The van der Waals surface area contributed by atoms with Gasteiger partial charge in [0.1, 0.15) is 4.83 Å². The molecule has 0 atom stereocenters. The molecule has 0 saturated carbocycles. The number of unbranched alkanes of at least 4 members (excludes halogenated alkanes) is 14. The molecule has 0 unspecified atom stereocenters. The summed E-state index contributed by atoms with van der Waals surface area (Å²) in [6.45, 7) is 5.06. The van der Waals surface area contributed by atoms with Crippen molar-refractivity contribution in [2.75, 3.05) is 6.61 Å². The highest BCUT2D eigenvalue weighted by Crippen LogP contribution is 2.25. The number of hydrogen-bond acceptors (Lipinski definition) is 5. The summed E-state index contributed by atoms with van der Waals surface area (Å²) in [6.07, 6.45) is 21.7. The number of aryl methyl sites for hydroxylation is 1. The summed E-state index contributed by atoms with van der Waals surface area (Å²) in [4.78, 5) is 18.7. The molecule has 0 N–H and O–H groups in total. The molecule has 2 rings (SSSR count). The van der Waals surface area contributed by atoms with E-state index in [0.29, 0.717) is 12.0 Å². The van der Waals surface area contributed by atoms with Crippen molar-refractivity contribution in [3.8, 4) is 6.08 Å². The lowest BCUT2D eigenvalue weighted by Crippen LogP contribution is -2.05. The van der Waals surface area contributed by atoms with Gasteiger partial charge in [-0.25, -0.2) is 4.79 Å². The van der Waals surface area contributed by atoms with Crippen LogP contribution in [-0.4, -0.2) is 11.6 Å². The van der Waals surface area contributed by atoms with E-state index in [-0.39, 0.29) is 11.7 Å². The molecule has 0 saturated heterocycles. The molecule has 176 valence electrons. The first-order valence-electron chi connectivity index (χ1n) is 12.8. The molecular weight excluding hydrogens is 406 g/mol. The maximum Gasteiger partial charge on any atom is 0.397 e. The van der Waals surface area contributed by atoms with Crippen LogP contribution in [0.25, 0.3) is 10.2 Å². The van der Waals surface area contributed by atoms with Crippen LogP contribution in [-0.2, 0) is 6.42 Å². The Kier molecular flexibility index (Phi) is 13.6. The van der Waals surface area contributed by atoms with Gasteiger partial charge < -0.3 is 9.15 Å². The van der Waals surface area contributed by atoms with Crippen molar-refractivity contribution in [1.29, 1.82) is 0 Å². The van der Waals surface area contributed by atoms with Crippen molar-refractivity contribution in [2.24, 2.45) is 0 Å². The SMILES string of the molecule is CCCCCCCCCCCCOc1nc2sc(CCCCCCCC)cc2c(=O)o1. The van der Waals surface area contributed by atoms with Gasteiger partial charge in [-0.15, -0.1) is 11.3 Å². The Hall–Kier alpha value is -1.36. The summed E-state index contributed by atoms with van der Waals surface area (Å²) in [6, 6.07) is 1.96. The molecule has 0 spiro atoms. The lowest BCUT2D eigenvalue weighted by Gasteiger charge is -2.04. The molecule has 0 fully saturated rings. The first-order chi connectivity index (χ1) is 15.2.